The molecule has 0 amide bonds. The Morgan fingerprint density at radius 2 is 0.759 bits per heavy atom. The SMILES string of the molecule is CC(C)(C)CCCCCCN(C(C)(C)C)C(C)(C)N(CCOCCOCCOCC(C)(C)C)C(C)(C)NCCOCCOCCOCCOCC(C)(C)C. The van der Waals surface area contributed by atoms with Gasteiger partial charge in [0.1, 0.15) is 0 Å². The smallest absolute Gasteiger partial charge is 0.0701 e. The molecule has 0 spiro atoms. The number of nitrogens with one attached hydrogen (secondary N) is 1. The summed E-state index contributed by atoms with van der Waals surface area (Å²) in [6, 6.07) is 0. The van der Waals surface area contributed by atoms with Crippen LogP contribution in [-0.4, -0.2) is 139 Å². The minimum atomic E-state index is -0.322. The summed E-state index contributed by atoms with van der Waals surface area (Å²) in [4.78, 5) is 5.26. The average Bonchev–Trinajstić information content (AvgIpc) is 3.00. The van der Waals surface area contributed by atoms with Gasteiger partial charge < -0.3 is 33.2 Å². The molecule has 0 aromatic heterocycles. The van der Waals surface area contributed by atoms with Crippen molar-refractivity contribution in [2.45, 2.75) is 160 Å². The Balaban J connectivity index is 5.06. The van der Waals surface area contributed by atoms with Gasteiger partial charge in [-0.25, -0.2) is 0 Å². The van der Waals surface area contributed by atoms with E-state index in [1.807, 2.05) is 0 Å². The molecule has 0 rings (SSSR count). The standard InChI is InChI=1S/C44H93N3O7/c1-39(2,3)21-19-17-18-20-23-46(42(10,11)12)44(15,16)47(24-26-49-28-30-51-33-35-53-37-40(4,5)6)43(13,14)45-22-25-48-27-29-50-31-32-52-34-36-54-38-41(7,8)9/h45H,17-38H2,1-16H3. The van der Waals surface area contributed by atoms with E-state index < -0.39 is 0 Å². The predicted octanol–water partition coefficient (Wildman–Crippen LogP) is 8.66. The van der Waals surface area contributed by atoms with Crippen LogP contribution in [0.15, 0.2) is 0 Å². The Bertz CT molecular complexity index is 889. The van der Waals surface area contributed by atoms with Gasteiger partial charge in [0.2, 0.25) is 0 Å². The second-order valence-electron chi connectivity index (χ2n) is 20.5. The molecule has 1 N–H and O–H groups in total. The summed E-state index contributed by atoms with van der Waals surface area (Å²) in [6.07, 6.45) is 6.31. The molecule has 0 bridgehead atoms. The van der Waals surface area contributed by atoms with Crippen molar-refractivity contribution in [3.8, 4) is 0 Å². The molecule has 0 atom stereocenters. The zero-order valence-corrected chi connectivity index (χ0v) is 38.8. The predicted molar refractivity (Wildman–Crippen MR) is 227 cm³/mol. The van der Waals surface area contributed by atoms with Crippen molar-refractivity contribution in [3.05, 3.63) is 0 Å². The number of nitrogens with zero attached hydrogens (tertiary/aromatic N) is 2. The van der Waals surface area contributed by atoms with Crippen molar-refractivity contribution < 1.29 is 33.2 Å². The maximum atomic E-state index is 6.16. The highest BCUT2D eigenvalue weighted by Crippen LogP contribution is 2.33. The lowest BCUT2D eigenvalue weighted by Crippen LogP contribution is -2.71. The van der Waals surface area contributed by atoms with E-state index in [1.165, 1.54) is 32.1 Å². The third-order valence-corrected chi connectivity index (χ3v) is 9.06. The van der Waals surface area contributed by atoms with Crippen molar-refractivity contribution >= 4 is 0 Å². The summed E-state index contributed by atoms with van der Waals surface area (Å²) in [6.45, 7) is 47.4. The third kappa shape index (κ3) is 29.8. The topological polar surface area (TPSA) is 83.1 Å². The van der Waals surface area contributed by atoms with Gasteiger partial charge in [0.25, 0.3) is 0 Å². The van der Waals surface area contributed by atoms with E-state index in [-0.39, 0.29) is 27.7 Å². The van der Waals surface area contributed by atoms with Gasteiger partial charge in [-0.1, -0.05) is 81.6 Å². The van der Waals surface area contributed by atoms with Gasteiger partial charge in [-0.3, -0.25) is 15.1 Å². The normalized spacial score (nSPS) is 13.9. The molecule has 0 aromatic rings. The maximum Gasteiger partial charge on any atom is 0.0701 e. The lowest BCUT2D eigenvalue weighted by Gasteiger charge is -2.57. The summed E-state index contributed by atoms with van der Waals surface area (Å²) in [5.74, 6) is 0. The molecule has 0 aliphatic rings. The van der Waals surface area contributed by atoms with Crippen LogP contribution in [0.2, 0.25) is 0 Å². The van der Waals surface area contributed by atoms with Crippen molar-refractivity contribution in [2.75, 3.05) is 112 Å². The highest BCUT2D eigenvalue weighted by atomic mass is 16.6. The average molecular weight is 776 g/mol. The molecule has 0 saturated carbocycles. The molecule has 0 aliphatic carbocycles. The molecule has 0 saturated heterocycles. The second-order valence-corrected chi connectivity index (χ2v) is 20.5. The first kappa shape index (κ1) is 53.6. The van der Waals surface area contributed by atoms with Crippen LogP contribution < -0.4 is 5.32 Å². The highest BCUT2D eigenvalue weighted by Gasteiger charge is 2.44. The van der Waals surface area contributed by atoms with Crippen LogP contribution in [0.1, 0.15) is 143 Å². The monoisotopic (exact) mass is 776 g/mol. The van der Waals surface area contributed by atoms with Crippen LogP contribution >= 0.6 is 0 Å². The van der Waals surface area contributed by atoms with Crippen LogP contribution in [0.3, 0.4) is 0 Å². The lowest BCUT2D eigenvalue weighted by molar-refractivity contribution is -0.138. The zero-order chi connectivity index (χ0) is 41.4. The molecular formula is C44H93N3O7. The largest absolute Gasteiger partial charge is 0.379 e. The Labute approximate surface area is 335 Å². The zero-order valence-electron chi connectivity index (χ0n) is 38.8. The fraction of sp³-hybridized carbons (Fsp3) is 1.00. The molecule has 0 aliphatic heterocycles. The van der Waals surface area contributed by atoms with Crippen molar-refractivity contribution in [1.82, 2.24) is 15.1 Å². The molecule has 0 heterocycles. The van der Waals surface area contributed by atoms with Crippen molar-refractivity contribution in [2.24, 2.45) is 16.2 Å². The first-order valence-corrected chi connectivity index (χ1v) is 21.2. The van der Waals surface area contributed by atoms with E-state index in [2.05, 4.69) is 126 Å². The molecule has 326 valence electrons. The van der Waals surface area contributed by atoms with Crippen LogP contribution in [-0.2, 0) is 33.2 Å². The first-order chi connectivity index (χ1) is 24.9. The Morgan fingerprint density at radius 3 is 1.17 bits per heavy atom. The van der Waals surface area contributed by atoms with E-state index in [9.17, 15) is 0 Å². The fourth-order valence-electron chi connectivity index (χ4n) is 6.63. The fourth-order valence-corrected chi connectivity index (χ4v) is 6.63. The maximum absolute atomic E-state index is 6.16. The van der Waals surface area contributed by atoms with E-state index >= 15 is 0 Å². The molecule has 0 radical (unpaired) electrons. The van der Waals surface area contributed by atoms with Gasteiger partial charge in [-0.15, -0.1) is 0 Å². The van der Waals surface area contributed by atoms with Crippen LogP contribution in [0.4, 0.5) is 0 Å². The Hall–Kier alpha value is -0.400. The van der Waals surface area contributed by atoms with Gasteiger partial charge in [0.15, 0.2) is 0 Å². The molecule has 0 unspecified atom stereocenters. The number of rotatable bonds is 33. The Kier molecular flexibility index (Phi) is 27.1. The van der Waals surface area contributed by atoms with Crippen molar-refractivity contribution in [3.63, 3.8) is 0 Å². The van der Waals surface area contributed by atoms with E-state index in [0.717, 1.165) is 32.8 Å². The molecular weight excluding hydrogens is 682 g/mol. The number of hydrogen-bond acceptors (Lipinski definition) is 10. The second kappa shape index (κ2) is 27.3. The van der Waals surface area contributed by atoms with E-state index in [0.29, 0.717) is 84.7 Å². The van der Waals surface area contributed by atoms with Gasteiger partial charge in [0.05, 0.1) is 104 Å². The summed E-state index contributed by atoms with van der Waals surface area (Å²) >= 11 is 0. The van der Waals surface area contributed by atoms with E-state index in [1.54, 1.807) is 0 Å². The molecule has 54 heavy (non-hydrogen) atoms. The molecule has 0 aromatic carbocycles. The molecule has 0 fully saturated rings. The first-order valence-electron chi connectivity index (χ1n) is 21.2. The van der Waals surface area contributed by atoms with Crippen LogP contribution in [0, 0.1) is 16.2 Å². The summed E-state index contributed by atoms with van der Waals surface area (Å²) < 4.78 is 40.6. The van der Waals surface area contributed by atoms with Crippen LogP contribution in [0.25, 0.3) is 0 Å². The minimum absolute atomic E-state index is 0.0127. The summed E-state index contributed by atoms with van der Waals surface area (Å²) in [5.41, 5.74) is 0.165. The molecule has 10 nitrogen and oxygen atoms in total. The van der Waals surface area contributed by atoms with Gasteiger partial charge in [-0.05, 0) is 77.6 Å². The van der Waals surface area contributed by atoms with Gasteiger partial charge >= 0.3 is 0 Å². The number of hydrogen-bond donors (Lipinski definition) is 1. The number of ether oxygens (including phenoxy) is 7. The summed E-state index contributed by atoms with van der Waals surface area (Å²) in [7, 11) is 0. The Morgan fingerprint density at radius 1 is 0.370 bits per heavy atom. The van der Waals surface area contributed by atoms with Gasteiger partial charge in [0, 0.05) is 25.2 Å². The summed E-state index contributed by atoms with van der Waals surface area (Å²) in [5, 5.41) is 3.81. The highest BCUT2D eigenvalue weighted by molar-refractivity contribution is 4.95. The minimum Gasteiger partial charge on any atom is -0.379 e. The molecule has 10 heteroatoms. The van der Waals surface area contributed by atoms with Gasteiger partial charge in [-0.2, -0.15) is 0 Å². The van der Waals surface area contributed by atoms with Crippen molar-refractivity contribution in [1.29, 1.82) is 0 Å². The third-order valence-electron chi connectivity index (χ3n) is 9.06. The van der Waals surface area contributed by atoms with E-state index in [4.69, 9.17) is 33.2 Å². The number of unbranched alkanes of at least 4 members (excludes halogenated alkanes) is 3. The van der Waals surface area contributed by atoms with Crippen LogP contribution in [0.5, 0.6) is 0 Å². The quantitative estimate of drug-likeness (QED) is 0.0517. The lowest BCUT2D eigenvalue weighted by atomic mass is 9.89.